The van der Waals surface area contributed by atoms with Gasteiger partial charge in [-0.2, -0.15) is 0 Å². The minimum Gasteiger partial charge on any atom is -0.420 e. The molecule has 0 bridgehead atoms. The van der Waals surface area contributed by atoms with Crippen molar-refractivity contribution in [1.29, 1.82) is 0 Å². The normalized spacial score (nSPS) is 10.9. The summed E-state index contributed by atoms with van der Waals surface area (Å²) in [6.07, 6.45) is 5.32. The van der Waals surface area contributed by atoms with Crippen LogP contribution in [0.4, 0.5) is 0 Å². The Kier molecular flexibility index (Phi) is 8.41. The smallest absolute Gasteiger partial charge is 0.210 e. The first-order valence-corrected chi connectivity index (χ1v) is 6.56. The molecular weight excluding hydrogens is 152 g/mol. The molecule has 0 spiro atoms. The summed E-state index contributed by atoms with van der Waals surface area (Å²) in [6, 6.07) is 2.69. The number of hydrogen-bond donors (Lipinski definition) is 0. The third-order valence-corrected chi connectivity index (χ3v) is 4.31. The first kappa shape index (κ1) is 11.2. The van der Waals surface area contributed by atoms with Gasteiger partial charge in [0.1, 0.15) is 0 Å². The molecule has 0 N–H and O–H groups in total. The van der Waals surface area contributed by atoms with Gasteiger partial charge in [-0.1, -0.05) is 39.5 Å². The van der Waals surface area contributed by atoms with Gasteiger partial charge in [0, 0.05) is 7.11 Å². The Morgan fingerprint density at radius 3 is 1.73 bits per heavy atom. The Hall–Kier alpha value is 0.177. The Balaban J connectivity index is 3.25. The molecule has 0 aromatic heterocycles. The molecule has 0 rings (SSSR count). The summed E-state index contributed by atoms with van der Waals surface area (Å²) in [6.45, 7) is 4.49. The maximum atomic E-state index is 5.46. The molecule has 0 aromatic rings. The molecule has 0 fully saturated rings. The maximum Gasteiger partial charge on any atom is 0.210 e. The van der Waals surface area contributed by atoms with E-state index in [4.69, 9.17) is 4.43 Å². The average molecular weight is 173 g/mol. The molecule has 1 radical (unpaired) electrons. The highest BCUT2D eigenvalue weighted by Crippen LogP contribution is 2.09. The van der Waals surface area contributed by atoms with Crippen LogP contribution in [0.3, 0.4) is 0 Å². The van der Waals surface area contributed by atoms with E-state index in [1.807, 2.05) is 7.11 Å². The van der Waals surface area contributed by atoms with Gasteiger partial charge in [-0.05, 0) is 12.1 Å². The van der Waals surface area contributed by atoms with E-state index in [-0.39, 0.29) is 0 Å². The van der Waals surface area contributed by atoms with Crippen molar-refractivity contribution >= 4 is 9.04 Å². The number of hydrogen-bond acceptors (Lipinski definition) is 1. The first-order chi connectivity index (χ1) is 5.35. The van der Waals surface area contributed by atoms with Gasteiger partial charge in [-0.25, -0.2) is 0 Å². The largest absolute Gasteiger partial charge is 0.420 e. The maximum absolute atomic E-state index is 5.46. The molecule has 0 saturated heterocycles. The van der Waals surface area contributed by atoms with Gasteiger partial charge in [0.2, 0.25) is 9.04 Å². The quantitative estimate of drug-likeness (QED) is 0.537. The molecule has 11 heavy (non-hydrogen) atoms. The van der Waals surface area contributed by atoms with Gasteiger partial charge in [0.05, 0.1) is 0 Å². The van der Waals surface area contributed by atoms with Crippen LogP contribution in [0.1, 0.15) is 39.5 Å². The van der Waals surface area contributed by atoms with Crippen molar-refractivity contribution in [2.45, 2.75) is 51.6 Å². The summed E-state index contributed by atoms with van der Waals surface area (Å²) in [5, 5.41) is 0. The second kappa shape index (κ2) is 8.28. The average Bonchev–Trinajstić information content (AvgIpc) is 2.05. The van der Waals surface area contributed by atoms with Crippen molar-refractivity contribution in [3.05, 3.63) is 0 Å². The fourth-order valence-corrected chi connectivity index (χ4v) is 3.23. The second-order valence-corrected chi connectivity index (χ2v) is 5.44. The molecule has 1 nitrogen and oxygen atoms in total. The molecule has 67 valence electrons. The van der Waals surface area contributed by atoms with Crippen molar-refractivity contribution < 1.29 is 4.43 Å². The summed E-state index contributed by atoms with van der Waals surface area (Å²) in [7, 11) is 1.47. The number of rotatable bonds is 7. The highest BCUT2D eigenvalue weighted by molar-refractivity contribution is 6.51. The molecule has 2 heteroatoms. The third kappa shape index (κ3) is 6.57. The molecule has 0 atom stereocenters. The monoisotopic (exact) mass is 173 g/mol. The van der Waals surface area contributed by atoms with Crippen LogP contribution in [-0.4, -0.2) is 16.2 Å². The molecule has 0 aliphatic rings. The van der Waals surface area contributed by atoms with Gasteiger partial charge in [-0.15, -0.1) is 0 Å². The van der Waals surface area contributed by atoms with Crippen LogP contribution in [-0.2, 0) is 4.43 Å². The molecule has 0 heterocycles. The minimum atomic E-state index is -0.409. The van der Waals surface area contributed by atoms with Crippen molar-refractivity contribution in [2.24, 2.45) is 0 Å². The van der Waals surface area contributed by atoms with Crippen LogP contribution in [0.15, 0.2) is 0 Å². The van der Waals surface area contributed by atoms with Gasteiger partial charge in [-0.3, -0.25) is 0 Å². The summed E-state index contributed by atoms with van der Waals surface area (Å²) < 4.78 is 5.46. The standard InChI is InChI=1S/C9H21OSi/c1-4-6-8-11(10-3)9-7-5-2/h4-9H2,1-3H3. The van der Waals surface area contributed by atoms with Crippen molar-refractivity contribution in [1.82, 2.24) is 0 Å². The lowest BCUT2D eigenvalue weighted by Gasteiger charge is -2.10. The Morgan fingerprint density at radius 2 is 1.45 bits per heavy atom. The summed E-state index contributed by atoms with van der Waals surface area (Å²) >= 11 is 0. The topological polar surface area (TPSA) is 9.23 Å². The molecule has 0 unspecified atom stereocenters. The Morgan fingerprint density at radius 1 is 1.00 bits per heavy atom. The second-order valence-electron chi connectivity index (χ2n) is 2.95. The Bertz CT molecular complexity index is 68.0. The van der Waals surface area contributed by atoms with E-state index in [1.165, 1.54) is 37.8 Å². The highest BCUT2D eigenvalue weighted by Gasteiger charge is 2.08. The summed E-state index contributed by atoms with van der Waals surface area (Å²) in [5.41, 5.74) is 0. The van der Waals surface area contributed by atoms with Gasteiger partial charge in [0.15, 0.2) is 0 Å². The molecule has 0 amide bonds. The van der Waals surface area contributed by atoms with Gasteiger partial charge in [0.25, 0.3) is 0 Å². The van der Waals surface area contributed by atoms with Crippen molar-refractivity contribution in [3.63, 3.8) is 0 Å². The SMILES string of the molecule is CCCC[Si](CCCC)OC. The molecule has 0 saturated carbocycles. The lowest BCUT2D eigenvalue weighted by atomic mass is 10.4. The first-order valence-electron chi connectivity index (χ1n) is 4.73. The molecule has 0 aromatic carbocycles. The summed E-state index contributed by atoms with van der Waals surface area (Å²) in [4.78, 5) is 0. The third-order valence-electron chi connectivity index (χ3n) is 1.91. The lowest BCUT2D eigenvalue weighted by Crippen LogP contribution is -2.14. The van der Waals surface area contributed by atoms with Crippen LogP contribution in [0.5, 0.6) is 0 Å². The minimum absolute atomic E-state index is 0.409. The van der Waals surface area contributed by atoms with E-state index < -0.39 is 9.04 Å². The van der Waals surface area contributed by atoms with E-state index in [0.717, 1.165) is 0 Å². The van der Waals surface area contributed by atoms with Crippen LogP contribution in [0.25, 0.3) is 0 Å². The Labute approximate surface area is 72.9 Å². The van der Waals surface area contributed by atoms with Crippen LogP contribution >= 0.6 is 0 Å². The highest BCUT2D eigenvalue weighted by atomic mass is 28.3. The van der Waals surface area contributed by atoms with Crippen LogP contribution in [0, 0.1) is 0 Å². The van der Waals surface area contributed by atoms with Gasteiger partial charge >= 0.3 is 0 Å². The predicted octanol–water partition coefficient (Wildman–Crippen LogP) is 3.22. The molecule has 0 aliphatic carbocycles. The van der Waals surface area contributed by atoms with E-state index in [2.05, 4.69) is 13.8 Å². The van der Waals surface area contributed by atoms with Crippen molar-refractivity contribution in [2.75, 3.05) is 7.11 Å². The van der Waals surface area contributed by atoms with E-state index in [0.29, 0.717) is 0 Å². The molecular formula is C9H21OSi. The summed E-state index contributed by atoms with van der Waals surface area (Å²) in [5.74, 6) is 0. The van der Waals surface area contributed by atoms with Crippen LogP contribution < -0.4 is 0 Å². The zero-order valence-corrected chi connectivity index (χ0v) is 9.15. The predicted molar refractivity (Wildman–Crippen MR) is 52.2 cm³/mol. The fraction of sp³-hybridized carbons (Fsp3) is 1.00. The van der Waals surface area contributed by atoms with E-state index in [1.54, 1.807) is 0 Å². The van der Waals surface area contributed by atoms with Crippen molar-refractivity contribution in [3.8, 4) is 0 Å². The number of unbranched alkanes of at least 4 members (excludes halogenated alkanes) is 2. The zero-order chi connectivity index (χ0) is 8.53. The zero-order valence-electron chi connectivity index (χ0n) is 8.15. The molecule has 0 aliphatic heterocycles. The lowest BCUT2D eigenvalue weighted by molar-refractivity contribution is 0.414. The van der Waals surface area contributed by atoms with E-state index >= 15 is 0 Å². The van der Waals surface area contributed by atoms with E-state index in [9.17, 15) is 0 Å². The van der Waals surface area contributed by atoms with Crippen LogP contribution in [0.2, 0.25) is 12.1 Å². The van der Waals surface area contributed by atoms with Gasteiger partial charge < -0.3 is 4.43 Å². The fourth-order valence-electron chi connectivity index (χ4n) is 1.08.